The van der Waals surface area contributed by atoms with Gasteiger partial charge >= 0.3 is 6.18 Å². The highest BCUT2D eigenvalue weighted by atomic mass is 35.5. The topological polar surface area (TPSA) is 12.9 Å². The summed E-state index contributed by atoms with van der Waals surface area (Å²) in [5.74, 6) is 0. The number of halogens is 4. The predicted octanol–water partition coefficient (Wildman–Crippen LogP) is 7.16. The van der Waals surface area contributed by atoms with E-state index in [4.69, 9.17) is 11.6 Å². The predicted molar refractivity (Wildman–Crippen MR) is 106 cm³/mol. The first-order valence-corrected chi connectivity index (χ1v) is 9.09. The first kappa shape index (κ1) is 18.5. The van der Waals surface area contributed by atoms with Gasteiger partial charge in [-0.05, 0) is 34.4 Å². The Morgan fingerprint density at radius 1 is 0.786 bits per heavy atom. The van der Waals surface area contributed by atoms with E-state index in [2.05, 4.69) is 4.98 Å². The minimum atomic E-state index is -4.47. The van der Waals surface area contributed by atoms with Crippen molar-refractivity contribution in [3.8, 4) is 11.1 Å². The fourth-order valence-corrected chi connectivity index (χ4v) is 3.62. The lowest BCUT2D eigenvalue weighted by atomic mass is 9.92. The molecule has 0 aliphatic carbocycles. The molecule has 4 aromatic rings. The van der Waals surface area contributed by atoms with Gasteiger partial charge in [-0.3, -0.25) is 4.98 Å². The molecule has 0 spiro atoms. The van der Waals surface area contributed by atoms with Gasteiger partial charge in [-0.1, -0.05) is 72.3 Å². The molecule has 1 nitrogen and oxygen atoms in total. The van der Waals surface area contributed by atoms with Crippen LogP contribution < -0.4 is 0 Å². The van der Waals surface area contributed by atoms with Gasteiger partial charge in [-0.2, -0.15) is 13.2 Å². The van der Waals surface area contributed by atoms with Crippen LogP contribution in [0.2, 0.25) is 5.02 Å². The molecule has 1 heterocycles. The normalized spacial score (nSPS) is 11.7. The van der Waals surface area contributed by atoms with Crippen molar-refractivity contribution in [1.29, 1.82) is 0 Å². The fraction of sp³-hybridized carbons (Fsp3) is 0.0870. The van der Waals surface area contributed by atoms with Gasteiger partial charge < -0.3 is 0 Å². The Bertz CT molecular complexity index is 1140. The van der Waals surface area contributed by atoms with Crippen molar-refractivity contribution in [3.63, 3.8) is 0 Å². The van der Waals surface area contributed by atoms with E-state index in [-0.39, 0.29) is 5.52 Å². The molecule has 0 N–H and O–H groups in total. The Morgan fingerprint density at radius 2 is 1.50 bits per heavy atom. The van der Waals surface area contributed by atoms with Crippen LogP contribution in [0.5, 0.6) is 0 Å². The van der Waals surface area contributed by atoms with Crippen molar-refractivity contribution in [2.24, 2.45) is 0 Å². The Morgan fingerprint density at radius 3 is 2.21 bits per heavy atom. The molecule has 0 aliphatic rings. The summed E-state index contributed by atoms with van der Waals surface area (Å²) in [5.41, 5.74) is 2.54. The zero-order chi connectivity index (χ0) is 19.7. The molecule has 0 unspecified atom stereocenters. The van der Waals surface area contributed by atoms with E-state index in [0.717, 1.165) is 28.3 Å². The van der Waals surface area contributed by atoms with E-state index in [9.17, 15) is 13.2 Å². The molecule has 0 fully saturated rings. The third-order valence-electron chi connectivity index (χ3n) is 4.68. The molecule has 0 saturated heterocycles. The molecular weight excluding hydrogens is 383 g/mol. The minimum absolute atomic E-state index is 0.0447. The number of hydrogen-bond acceptors (Lipinski definition) is 1. The molecule has 1 aromatic heterocycles. The van der Waals surface area contributed by atoms with Crippen molar-refractivity contribution < 1.29 is 13.2 Å². The van der Waals surface area contributed by atoms with Crippen LogP contribution >= 0.6 is 11.6 Å². The molecule has 0 atom stereocenters. The average molecular weight is 398 g/mol. The maximum absolute atomic E-state index is 13.5. The van der Waals surface area contributed by atoms with Gasteiger partial charge in [0.25, 0.3) is 0 Å². The lowest BCUT2D eigenvalue weighted by Gasteiger charge is -2.16. The largest absolute Gasteiger partial charge is 0.418 e. The second-order valence-electron chi connectivity index (χ2n) is 6.49. The lowest BCUT2D eigenvalue weighted by molar-refractivity contribution is -0.136. The smallest absolute Gasteiger partial charge is 0.255 e. The van der Waals surface area contributed by atoms with Crippen molar-refractivity contribution in [2.75, 3.05) is 0 Å². The van der Waals surface area contributed by atoms with E-state index in [1.54, 1.807) is 12.1 Å². The fourth-order valence-electron chi connectivity index (χ4n) is 3.42. The molecule has 3 aromatic carbocycles. The second kappa shape index (κ2) is 7.28. The first-order valence-electron chi connectivity index (χ1n) is 8.72. The monoisotopic (exact) mass is 397 g/mol. The van der Waals surface area contributed by atoms with Crippen LogP contribution in [0.1, 0.15) is 16.7 Å². The highest BCUT2D eigenvalue weighted by Crippen LogP contribution is 2.39. The molecule has 0 radical (unpaired) electrons. The number of aromatic nitrogens is 1. The zero-order valence-electron chi connectivity index (χ0n) is 14.7. The van der Waals surface area contributed by atoms with Gasteiger partial charge in [-0.25, -0.2) is 0 Å². The van der Waals surface area contributed by atoms with Crippen LogP contribution in [0.4, 0.5) is 13.2 Å². The van der Waals surface area contributed by atoms with E-state index in [1.807, 2.05) is 48.5 Å². The summed E-state index contributed by atoms with van der Waals surface area (Å²) < 4.78 is 40.5. The molecule has 0 aliphatic heterocycles. The number of alkyl halides is 3. The molecule has 140 valence electrons. The molecular formula is C23H15ClF3N. The van der Waals surface area contributed by atoms with E-state index in [0.29, 0.717) is 16.8 Å². The highest BCUT2D eigenvalue weighted by molar-refractivity contribution is 6.31. The van der Waals surface area contributed by atoms with Gasteiger partial charge in [0.15, 0.2) is 0 Å². The third kappa shape index (κ3) is 3.48. The molecule has 0 saturated carbocycles. The summed E-state index contributed by atoms with van der Waals surface area (Å²) in [6, 6.07) is 21.0. The van der Waals surface area contributed by atoms with Crippen LogP contribution in [0.15, 0.2) is 79.0 Å². The van der Waals surface area contributed by atoms with Crippen molar-refractivity contribution in [2.45, 2.75) is 12.6 Å². The summed E-state index contributed by atoms with van der Waals surface area (Å²) in [4.78, 5) is 4.20. The number of benzene rings is 3. The number of para-hydroxylation sites is 1. The molecule has 28 heavy (non-hydrogen) atoms. The van der Waals surface area contributed by atoms with Crippen molar-refractivity contribution in [3.05, 3.63) is 101 Å². The van der Waals surface area contributed by atoms with E-state index >= 15 is 0 Å². The lowest BCUT2D eigenvalue weighted by Crippen LogP contribution is -2.07. The van der Waals surface area contributed by atoms with Crippen molar-refractivity contribution in [1.82, 2.24) is 4.98 Å². The molecule has 4 rings (SSSR count). The number of pyridine rings is 1. The highest BCUT2D eigenvalue weighted by Gasteiger charge is 2.33. The summed E-state index contributed by atoms with van der Waals surface area (Å²) in [6.45, 7) is 0. The minimum Gasteiger partial charge on any atom is -0.255 e. The SMILES string of the molecule is FC(F)(F)c1cccc2c(-c3ccccc3)c(Cc3ccccc3Cl)cnc12. The maximum atomic E-state index is 13.5. The summed E-state index contributed by atoms with van der Waals surface area (Å²) in [7, 11) is 0. The standard InChI is InChI=1S/C23H15ClF3N/c24-20-12-5-4-9-16(20)13-17-14-28-22-18(10-6-11-19(22)23(25,26)27)21(17)15-7-2-1-3-8-15/h1-12,14H,13H2. The summed E-state index contributed by atoms with van der Waals surface area (Å²) in [5, 5.41) is 1.09. The number of nitrogens with zero attached hydrogens (tertiary/aromatic N) is 1. The number of rotatable bonds is 3. The van der Waals surface area contributed by atoms with Crippen LogP contribution in [0.25, 0.3) is 22.0 Å². The second-order valence-corrected chi connectivity index (χ2v) is 6.90. The van der Waals surface area contributed by atoms with E-state index < -0.39 is 11.7 Å². The molecule has 5 heteroatoms. The average Bonchev–Trinajstić information content (AvgIpc) is 2.69. The Balaban J connectivity index is 1.99. The maximum Gasteiger partial charge on any atom is 0.418 e. The number of fused-ring (bicyclic) bond motifs is 1. The molecule has 0 bridgehead atoms. The van der Waals surface area contributed by atoms with Crippen LogP contribution in [0, 0.1) is 0 Å². The first-order chi connectivity index (χ1) is 13.4. The Kier molecular flexibility index (Phi) is 4.82. The third-order valence-corrected chi connectivity index (χ3v) is 5.05. The Hall–Kier alpha value is -2.85. The quantitative estimate of drug-likeness (QED) is 0.357. The van der Waals surface area contributed by atoms with Crippen LogP contribution in [0.3, 0.4) is 0 Å². The van der Waals surface area contributed by atoms with Gasteiger partial charge in [0.1, 0.15) is 0 Å². The van der Waals surface area contributed by atoms with Crippen molar-refractivity contribution >= 4 is 22.5 Å². The van der Waals surface area contributed by atoms with Gasteiger partial charge in [0, 0.05) is 23.0 Å². The van der Waals surface area contributed by atoms with E-state index in [1.165, 1.54) is 12.3 Å². The zero-order valence-corrected chi connectivity index (χ0v) is 15.4. The number of hydrogen-bond donors (Lipinski definition) is 0. The van der Waals surface area contributed by atoms with Crippen LogP contribution in [-0.4, -0.2) is 4.98 Å². The van der Waals surface area contributed by atoms with Gasteiger partial charge in [0.2, 0.25) is 0 Å². The van der Waals surface area contributed by atoms with Crippen LogP contribution in [-0.2, 0) is 12.6 Å². The summed E-state index contributed by atoms with van der Waals surface area (Å²) in [6.07, 6.45) is -2.46. The van der Waals surface area contributed by atoms with Gasteiger partial charge in [-0.15, -0.1) is 0 Å². The summed E-state index contributed by atoms with van der Waals surface area (Å²) >= 11 is 6.31. The Labute approximate surface area is 165 Å². The van der Waals surface area contributed by atoms with Gasteiger partial charge in [0.05, 0.1) is 11.1 Å². The molecule has 0 amide bonds.